The summed E-state index contributed by atoms with van der Waals surface area (Å²) in [6, 6.07) is 6.78. The Balaban J connectivity index is 1.52. The summed E-state index contributed by atoms with van der Waals surface area (Å²) >= 11 is 1.30. The van der Waals surface area contributed by atoms with Crippen molar-refractivity contribution in [3.8, 4) is 0 Å². The lowest BCUT2D eigenvalue weighted by Gasteiger charge is -2.11. The van der Waals surface area contributed by atoms with Gasteiger partial charge in [-0.2, -0.15) is 0 Å². The van der Waals surface area contributed by atoms with E-state index in [9.17, 15) is 9.59 Å². The number of ether oxygens (including phenoxy) is 1. The van der Waals surface area contributed by atoms with Crippen LogP contribution in [0.3, 0.4) is 0 Å². The standard InChI is InChI=1S/C19H24N4O3S/c1-12(2)10-16-22-23-19(27-16)18(25)21-14-7-5-13(6-8-14)17(24)20-11-15-4-3-9-26-15/h5-8,12,15H,3-4,9-11H2,1-2H3,(H,20,24)(H,21,25)/t15-/m0/s1. The number of rotatable bonds is 7. The van der Waals surface area contributed by atoms with Crippen molar-refractivity contribution in [1.29, 1.82) is 0 Å². The number of aromatic nitrogens is 2. The van der Waals surface area contributed by atoms with Crippen LogP contribution in [0.1, 0.15) is 51.9 Å². The molecule has 3 rings (SSSR count). The molecule has 1 aliphatic rings. The largest absolute Gasteiger partial charge is 0.376 e. The van der Waals surface area contributed by atoms with Crippen LogP contribution in [-0.2, 0) is 11.2 Å². The lowest BCUT2D eigenvalue weighted by Crippen LogP contribution is -2.31. The zero-order valence-electron chi connectivity index (χ0n) is 15.5. The summed E-state index contributed by atoms with van der Waals surface area (Å²) in [5, 5.41) is 14.9. The molecule has 7 nitrogen and oxygen atoms in total. The summed E-state index contributed by atoms with van der Waals surface area (Å²) in [5.41, 5.74) is 1.15. The third-order valence-corrected chi connectivity index (χ3v) is 5.11. The van der Waals surface area contributed by atoms with E-state index in [0.717, 1.165) is 30.9 Å². The second kappa shape index (κ2) is 9.05. The van der Waals surface area contributed by atoms with Crippen molar-refractivity contribution in [2.24, 2.45) is 5.92 Å². The second-order valence-electron chi connectivity index (χ2n) is 6.98. The number of carbonyl (C=O) groups is 2. The highest BCUT2D eigenvalue weighted by molar-refractivity contribution is 7.13. The normalized spacial score (nSPS) is 16.5. The SMILES string of the molecule is CC(C)Cc1nnc(C(=O)Nc2ccc(C(=O)NC[C@@H]3CCCO3)cc2)s1. The van der Waals surface area contributed by atoms with Crippen molar-refractivity contribution in [3.05, 3.63) is 39.8 Å². The topological polar surface area (TPSA) is 93.2 Å². The van der Waals surface area contributed by atoms with Crippen molar-refractivity contribution < 1.29 is 14.3 Å². The fourth-order valence-electron chi connectivity index (χ4n) is 2.78. The zero-order valence-corrected chi connectivity index (χ0v) is 16.3. The number of hydrogen-bond acceptors (Lipinski definition) is 6. The third-order valence-electron chi connectivity index (χ3n) is 4.16. The molecule has 0 radical (unpaired) electrons. The van der Waals surface area contributed by atoms with E-state index in [1.54, 1.807) is 24.3 Å². The Morgan fingerprint density at radius 3 is 2.67 bits per heavy atom. The van der Waals surface area contributed by atoms with Crippen molar-refractivity contribution >= 4 is 28.8 Å². The molecule has 0 spiro atoms. The molecule has 2 aromatic rings. The number of amides is 2. The number of nitrogens with one attached hydrogen (secondary N) is 2. The van der Waals surface area contributed by atoms with Crippen LogP contribution < -0.4 is 10.6 Å². The van der Waals surface area contributed by atoms with Crippen LogP contribution in [0.5, 0.6) is 0 Å². The van der Waals surface area contributed by atoms with Gasteiger partial charge in [0, 0.05) is 30.8 Å². The molecule has 0 aliphatic carbocycles. The molecule has 1 fully saturated rings. The van der Waals surface area contributed by atoms with Gasteiger partial charge < -0.3 is 15.4 Å². The molecule has 1 atom stereocenters. The average Bonchev–Trinajstić information content (AvgIpc) is 3.31. The number of anilines is 1. The molecule has 0 bridgehead atoms. The molecule has 2 heterocycles. The minimum absolute atomic E-state index is 0.111. The summed E-state index contributed by atoms with van der Waals surface area (Å²) in [5.74, 6) is 0.0247. The third kappa shape index (κ3) is 5.58. The highest BCUT2D eigenvalue weighted by atomic mass is 32.1. The van der Waals surface area contributed by atoms with Gasteiger partial charge in [-0.25, -0.2) is 0 Å². The van der Waals surface area contributed by atoms with Gasteiger partial charge in [0.2, 0.25) is 5.01 Å². The molecule has 1 saturated heterocycles. The van der Waals surface area contributed by atoms with Gasteiger partial charge in [-0.15, -0.1) is 10.2 Å². The first-order chi connectivity index (χ1) is 13.0. The minimum atomic E-state index is -0.293. The van der Waals surface area contributed by atoms with Gasteiger partial charge in [0.15, 0.2) is 0 Å². The van der Waals surface area contributed by atoms with Gasteiger partial charge in [0.05, 0.1) is 6.10 Å². The van der Waals surface area contributed by atoms with Crippen LogP contribution in [0.15, 0.2) is 24.3 Å². The van der Waals surface area contributed by atoms with Crippen LogP contribution >= 0.6 is 11.3 Å². The highest BCUT2D eigenvalue weighted by Crippen LogP contribution is 2.17. The number of carbonyl (C=O) groups excluding carboxylic acids is 2. The molecule has 1 aliphatic heterocycles. The van der Waals surface area contributed by atoms with Crippen LogP contribution in [0.25, 0.3) is 0 Å². The van der Waals surface area contributed by atoms with Crippen molar-refractivity contribution in [2.75, 3.05) is 18.5 Å². The lowest BCUT2D eigenvalue weighted by molar-refractivity contribution is 0.0857. The Labute approximate surface area is 162 Å². The van der Waals surface area contributed by atoms with E-state index < -0.39 is 0 Å². The first-order valence-electron chi connectivity index (χ1n) is 9.15. The summed E-state index contributed by atoms with van der Waals surface area (Å²) in [6.45, 7) is 5.48. The summed E-state index contributed by atoms with van der Waals surface area (Å²) < 4.78 is 5.49. The lowest BCUT2D eigenvalue weighted by atomic mass is 10.1. The molecule has 1 aromatic heterocycles. The first kappa shape index (κ1) is 19.4. The number of nitrogens with zero attached hydrogens (tertiary/aromatic N) is 2. The van der Waals surface area contributed by atoms with Crippen molar-refractivity contribution in [3.63, 3.8) is 0 Å². The molecule has 2 N–H and O–H groups in total. The predicted molar refractivity (Wildman–Crippen MR) is 104 cm³/mol. The van der Waals surface area contributed by atoms with Gasteiger partial charge in [-0.05, 0) is 43.0 Å². The Hall–Kier alpha value is -2.32. The number of hydrogen-bond donors (Lipinski definition) is 2. The Morgan fingerprint density at radius 1 is 1.22 bits per heavy atom. The van der Waals surface area contributed by atoms with E-state index in [4.69, 9.17) is 4.74 Å². The molecule has 8 heteroatoms. The maximum atomic E-state index is 12.3. The summed E-state index contributed by atoms with van der Waals surface area (Å²) in [7, 11) is 0. The zero-order chi connectivity index (χ0) is 19.2. The highest BCUT2D eigenvalue weighted by Gasteiger charge is 2.17. The Kier molecular flexibility index (Phi) is 6.52. The van der Waals surface area contributed by atoms with Crippen LogP contribution in [-0.4, -0.2) is 41.3 Å². The molecule has 0 unspecified atom stereocenters. The smallest absolute Gasteiger partial charge is 0.286 e. The Bertz CT molecular complexity index is 783. The first-order valence-corrected chi connectivity index (χ1v) is 9.96. The molecule has 144 valence electrons. The van der Waals surface area contributed by atoms with Crippen molar-refractivity contribution in [1.82, 2.24) is 15.5 Å². The fraction of sp³-hybridized carbons (Fsp3) is 0.474. The summed E-state index contributed by atoms with van der Waals surface area (Å²) in [4.78, 5) is 24.5. The summed E-state index contributed by atoms with van der Waals surface area (Å²) in [6.07, 6.45) is 2.94. The van der Waals surface area contributed by atoms with E-state index in [2.05, 4.69) is 34.7 Å². The molecular formula is C19H24N4O3S. The van der Waals surface area contributed by atoms with E-state index in [1.807, 2.05) is 0 Å². The predicted octanol–water partition coefficient (Wildman–Crippen LogP) is 2.90. The maximum absolute atomic E-state index is 12.3. The van der Waals surface area contributed by atoms with E-state index in [-0.39, 0.29) is 17.9 Å². The molecule has 2 amide bonds. The monoisotopic (exact) mass is 388 g/mol. The van der Waals surface area contributed by atoms with Crippen LogP contribution in [0, 0.1) is 5.92 Å². The maximum Gasteiger partial charge on any atom is 0.286 e. The molecule has 0 saturated carbocycles. The second-order valence-corrected chi connectivity index (χ2v) is 8.04. The van der Waals surface area contributed by atoms with E-state index in [0.29, 0.717) is 28.7 Å². The van der Waals surface area contributed by atoms with Gasteiger partial charge in [-0.1, -0.05) is 25.2 Å². The van der Waals surface area contributed by atoms with Crippen molar-refractivity contribution in [2.45, 2.75) is 39.2 Å². The van der Waals surface area contributed by atoms with E-state index >= 15 is 0 Å². The van der Waals surface area contributed by atoms with Crippen LogP contribution in [0.4, 0.5) is 5.69 Å². The van der Waals surface area contributed by atoms with Crippen LogP contribution in [0.2, 0.25) is 0 Å². The Morgan fingerprint density at radius 2 is 2.00 bits per heavy atom. The number of benzene rings is 1. The van der Waals surface area contributed by atoms with Gasteiger partial charge in [0.1, 0.15) is 5.01 Å². The van der Waals surface area contributed by atoms with Gasteiger partial charge >= 0.3 is 0 Å². The minimum Gasteiger partial charge on any atom is -0.376 e. The average molecular weight is 388 g/mol. The fourth-order valence-corrected chi connectivity index (χ4v) is 3.73. The quantitative estimate of drug-likeness (QED) is 0.761. The van der Waals surface area contributed by atoms with E-state index in [1.165, 1.54) is 11.3 Å². The molecule has 1 aromatic carbocycles. The van der Waals surface area contributed by atoms with Gasteiger partial charge in [-0.3, -0.25) is 9.59 Å². The molecule has 27 heavy (non-hydrogen) atoms. The van der Waals surface area contributed by atoms with Gasteiger partial charge in [0.25, 0.3) is 11.8 Å². The molecular weight excluding hydrogens is 364 g/mol.